The number of aromatic nitrogens is 2. The monoisotopic (exact) mass is 646 g/mol. The Kier molecular flexibility index (Phi) is 11.4. The fourth-order valence-electron chi connectivity index (χ4n) is 5.31. The molecule has 0 unspecified atom stereocenters. The summed E-state index contributed by atoms with van der Waals surface area (Å²) in [6.07, 6.45) is 3.03. The molecule has 3 N–H and O–H groups in total. The van der Waals surface area contributed by atoms with Gasteiger partial charge < -0.3 is 34.8 Å². The molecule has 3 aromatic rings. The first kappa shape index (κ1) is 33.3. The summed E-state index contributed by atoms with van der Waals surface area (Å²) < 4.78 is 33.1. The maximum atomic E-state index is 14.6. The molecule has 2 fully saturated rings. The molecule has 15 heteroatoms. The van der Waals surface area contributed by atoms with E-state index in [1.165, 1.54) is 29.0 Å². The molecular weight excluding hydrogens is 614 g/mol. The molecule has 3 amide bonds. The topological polar surface area (TPSA) is 146 Å². The van der Waals surface area contributed by atoms with Gasteiger partial charge >= 0.3 is 0 Å². The minimum Gasteiger partial charge on any atom is -0.483 e. The van der Waals surface area contributed by atoms with Crippen molar-refractivity contribution in [3.63, 3.8) is 0 Å². The molecule has 240 valence electrons. The van der Waals surface area contributed by atoms with Crippen molar-refractivity contribution in [2.75, 3.05) is 51.4 Å². The summed E-state index contributed by atoms with van der Waals surface area (Å²) in [4.78, 5) is 55.0. The van der Waals surface area contributed by atoms with Crippen LogP contribution in [-0.4, -0.2) is 94.8 Å². The van der Waals surface area contributed by atoms with Gasteiger partial charge in [0.1, 0.15) is 11.6 Å². The van der Waals surface area contributed by atoms with Crippen LogP contribution in [0.3, 0.4) is 0 Å². The van der Waals surface area contributed by atoms with Crippen LogP contribution in [0, 0.1) is 11.7 Å². The minimum atomic E-state index is -1.08. The molecule has 5 rings (SSSR count). The number of ether oxygens (including phenoxy) is 1. The number of nitrogens with one attached hydrogen (secondary N) is 2. The van der Waals surface area contributed by atoms with Crippen LogP contribution in [0.2, 0.25) is 5.02 Å². The number of rotatable bonds is 7. The van der Waals surface area contributed by atoms with Crippen LogP contribution in [-0.2, 0) is 16.6 Å². The number of carboxylic acid groups (broad SMARTS) is 1. The zero-order chi connectivity index (χ0) is 32.5. The summed E-state index contributed by atoms with van der Waals surface area (Å²) in [5, 5.41) is 13.0. The van der Waals surface area contributed by atoms with Gasteiger partial charge in [0.15, 0.2) is 5.82 Å². The fraction of sp³-hybridized carbons (Fsp3) is 0.367. The second-order valence-corrected chi connectivity index (χ2v) is 10.7. The number of nitrogens with zero attached hydrogens (tertiary/aromatic N) is 4. The van der Waals surface area contributed by atoms with Crippen molar-refractivity contribution in [3.05, 3.63) is 64.8 Å². The number of anilines is 1. The second kappa shape index (κ2) is 15.4. The molecule has 0 aliphatic carbocycles. The molecular formula is C30H33ClF2N6O6. The van der Waals surface area contributed by atoms with Crippen molar-refractivity contribution >= 4 is 41.5 Å². The number of carbonyl (C=O) groups is 4. The highest BCUT2D eigenvalue weighted by Crippen LogP contribution is 2.28. The van der Waals surface area contributed by atoms with E-state index in [1.54, 1.807) is 24.1 Å². The van der Waals surface area contributed by atoms with Gasteiger partial charge in [0, 0.05) is 56.5 Å². The van der Waals surface area contributed by atoms with Crippen molar-refractivity contribution in [1.29, 1.82) is 0 Å². The molecule has 0 atom stereocenters. The highest BCUT2D eigenvalue weighted by molar-refractivity contribution is 6.34. The van der Waals surface area contributed by atoms with Crippen LogP contribution in [0.4, 0.5) is 14.5 Å². The summed E-state index contributed by atoms with van der Waals surface area (Å²) in [6.45, 7) is 2.15. The molecule has 12 nitrogen and oxygen atoms in total. The number of benzene rings is 2. The fourth-order valence-corrected chi connectivity index (χ4v) is 5.57. The van der Waals surface area contributed by atoms with Crippen LogP contribution in [0.25, 0.3) is 11.3 Å². The van der Waals surface area contributed by atoms with Gasteiger partial charge in [-0.25, -0.2) is 13.8 Å². The summed E-state index contributed by atoms with van der Waals surface area (Å²) in [5.74, 6) is -1.20. The average Bonchev–Trinajstić information content (AvgIpc) is 3.42. The molecule has 0 spiro atoms. The van der Waals surface area contributed by atoms with Crippen molar-refractivity contribution in [1.82, 2.24) is 24.7 Å². The van der Waals surface area contributed by atoms with Crippen molar-refractivity contribution in [2.45, 2.75) is 12.8 Å². The van der Waals surface area contributed by atoms with Gasteiger partial charge in [-0.3, -0.25) is 19.2 Å². The number of piperidine rings is 1. The van der Waals surface area contributed by atoms with E-state index in [0.29, 0.717) is 43.1 Å². The maximum Gasteiger partial charge on any atom is 0.291 e. The summed E-state index contributed by atoms with van der Waals surface area (Å²) in [5.41, 5.74) is 1.14. The van der Waals surface area contributed by atoms with Gasteiger partial charge in [-0.1, -0.05) is 11.6 Å². The average molecular weight is 647 g/mol. The van der Waals surface area contributed by atoms with Crippen LogP contribution < -0.4 is 15.4 Å². The third kappa shape index (κ3) is 7.94. The van der Waals surface area contributed by atoms with Gasteiger partial charge in [0.25, 0.3) is 18.3 Å². The van der Waals surface area contributed by atoms with Crippen molar-refractivity contribution < 1.29 is 37.8 Å². The lowest BCUT2D eigenvalue weighted by atomic mass is 9.96. The Morgan fingerprint density at radius 1 is 1.11 bits per heavy atom. The van der Waals surface area contributed by atoms with Gasteiger partial charge in [0.05, 0.1) is 22.5 Å². The Hall–Kier alpha value is -4.56. The predicted octanol–water partition coefficient (Wildman–Crippen LogP) is 3.42. The lowest BCUT2D eigenvalue weighted by Crippen LogP contribution is -2.52. The number of imidazole rings is 1. The van der Waals surface area contributed by atoms with E-state index in [1.807, 2.05) is 4.90 Å². The number of amides is 3. The zero-order valence-corrected chi connectivity index (χ0v) is 25.2. The van der Waals surface area contributed by atoms with E-state index in [-0.39, 0.29) is 46.4 Å². The third-order valence-electron chi connectivity index (χ3n) is 7.65. The highest BCUT2D eigenvalue weighted by atomic mass is 35.5. The number of piperazine rings is 1. The van der Waals surface area contributed by atoms with Crippen LogP contribution in [0.15, 0.2) is 42.6 Å². The molecule has 45 heavy (non-hydrogen) atoms. The summed E-state index contributed by atoms with van der Waals surface area (Å²) in [6, 6.07) is 8.50. The number of carbonyl (C=O) groups excluding carboxylic acids is 3. The molecule has 2 aliphatic heterocycles. The van der Waals surface area contributed by atoms with E-state index in [0.717, 1.165) is 32.0 Å². The van der Waals surface area contributed by atoms with E-state index < -0.39 is 18.6 Å². The quantitative estimate of drug-likeness (QED) is 0.331. The molecule has 0 radical (unpaired) electrons. The molecule has 0 bridgehead atoms. The molecule has 2 saturated heterocycles. The molecule has 2 aliphatic rings. The number of halogens is 3. The maximum absolute atomic E-state index is 14.6. The number of hydrogen-bond donors (Lipinski definition) is 3. The zero-order valence-electron chi connectivity index (χ0n) is 24.5. The second-order valence-electron chi connectivity index (χ2n) is 10.3. The molecule has 1 aromatic heterocycles. The molecule has 3 heterocycles. The largest absolute Gasteiger partial charge is 0.483 e. The van der Waals surface area contributed by atoms with Gasteiger partial charge in [-0.05, 0) is 56.3 Å². The third-order valence-corrected chi connectivity index (χ3v) is 7.97. The van der Waals surface area contributed by atoms with Crippen LogP contribution in [0.1, 0.15) is 33.8 Å². The Labute approximate surface area is 262 Å². The van der Waals surface area contributed by atoms with Crippen molar-refractivity contribution in [2.24, 2.45) is 13.0 Å². The Balaban J connectivity index is 0.00000148. The van der Waals surface area contributed by atoms with E-state index in [9.17, 15) is 23.2 Å². The standard InChI is InChI=1S/C29H31ClF2N6O4.CH2O2/c1-36-25(22-5-3-20(42-17-31)15-24(22)32)16-34-26(36)27(39)35-19-2-4-21(23(30)14-19)29(41)38-12-10-37(11-13-38)28(40)18-6-8-33-9-7-18;2-1-3/h2-5,14-16,18,33H,6-13,17H2,1H3,(H,35,39);1H,(H,2,3). The van der Waals surface area contributed by atoms with Crippen LogP contribution in [0.5, 0.6) is 5.75 Å². The van der Waals surface area contributed by atoms with Crippen molar-refractivity contribution in [3.8, 4) is 17.0 Å². The summed E-state index contributed by atoms with van der Waals surface area (Å²) >= 11 is 6.46. The first-order valence-corrected chi connectivity index (χ1v) is 14.5. The van der Waals surface area contributed by atoms with E-state index in [2.05, 4.69) is 20.4 Å². The SMILES string of the molecule is Cn1c(-c2ccc(OCF)cc2F)cnc1C(=O)Nc1ccc(C(=O)N2CCN(C(=O)C3CCNCC3)CC2)c(Cl)c1.O=CO. The van der Waals surface area contributed by atoms with E-state index >= 15 is 0 Å². The Morgan fingerprint density at radius 3 is 2.40 bits per heavy atom. The van der Waals surface area contributed by atoms with Gasteiger partial charge in [-0.2, -0.15) is 0 Å². The highest BCUT2D eigenvalue weighted by Gasteiger charge is 2.30. The first-order chi connectivity index (χ1) is 21.7. The normalized spacial score (nSPS) is 15.1. The Morgan fingerprint density at radius 2 is 1.78 bits per heavy atom. The predicted molar refractivity (Wildman–Crippen MR) is 161 cm³/mol. The van der Waals surface area contributed by atoms with Gasteiger partial charge in [-0.15, -0.1) is 0 Å². The van der Waals surface area contributed by atoms with E-state index in [4.69, 9.17) is 21.5 Å². The Bertz CT molecular complexity index is 1540. The van der Waals surface area contributed by atoms with Gasteiger partial charge in [0.2, 0.25) is 12.8 Å². The summed E-state index contributed by atoms with van der Waals surface area (Å²) in [7, 11) is 1.57. The molecule has 0 saturated carbocycles. The first-order valence-electron chi connectivity index (χ1n) is 14.2. The molecule has 2 aromatic carbocycles. The lowest BCUT2D eigenvalue weighted by Gasteiger charge is -2.37. The number of hydrogen-bond acceptors (Lipinski definition) is 7. The lowest BCUT2D eigenvalue weighted by molar-refractivity contribution is -0.137. The minimum absolute atomic E-state index is 0.0154. The van der Waals surface area contributed by atoms with Crippen LogP contribution >= 0.6 is 11.6 Å². The number of alkyl halides is 1. The smallest absolute Gasteiger partial charge is 0.291 e.